The minimum absolute atomic E-state index is 0.117. The van der Waals surface area contributed by atoms with Gasteiger partial charge >= 0.3 is 6.18 Å². The number of aromatic nitrogens is 4. The first-order chi connectivity index (χ1) is 10.5. The van der Waals surface area contributed by atoms with Crippen LogP contribution in [0.25, 0.3) is 0 Å². The van der Waals surface area contributed by atoms with Gasteiger partial charge in [0.25, 0.3) is 0 Å². The number of alkyl halides is 3. The molecule has 3 aliphatic rings. The Kier molecular flexibility index (Phi) is 2.92. The summed E-state index contributed by atoms with van der Waals surface area (Å²) in [5.41, 5.74) is 0. The molecule has 11 heteroatoms. The number of halogens is 3. The fourth-order valence-corrected chi connectivity index (χ4v) is 3.94. The molecule has 1 saturated carbocycles. The van der Waals surface area contributed by atoms with Gasteiger partial charge in [-0.15, -0.1) is 10.2 Å². The Morgan fingerprint density at radius 2 is 2.09 bits per heavy atom. The maximum Gasteiger partial charge on any atom is 0.413 e. The van der Waals surface area contributed by atoms with Crippen molar-refractivity contribution < 1.29 is 18.0 Å². The van der Waals surface area contributed by atoms with Crippen molar-refractivity contribution in [1.29, 1.82) is 0 Å². The SMILES string of the molecule is O=C1NC2NC3C(c4nn[nH]n4)CCCC3N2C1C(F)(F)F. The maximum atomic E-state index is 13.2. The molecule has 2 aliphatic heterocycles. The summed E-state index contributed by atoms with van der Waals surface area (Å²) in [7, 11) is 0. The molecule has 0 radical (unpaired) electrons. The van der Waals surface area contributed by atoms with E-state index in [2.05, 4.69) is 31.3 Å². The third-order valence-corrected chi connectivity index (χ3v) is 4.72. The fourth-order valence-electron chi connectivity index (χ4n) is 3.94. The molecule has 2 saturated heterocycles. The van der Waals surface area contributed by atoms with Gasteiger partial charge in [0.2, 0.25) is 5.91 Å². The third kappa shape index (κ3) is 1.92. The molecule has 8 nitrogen and oxygen atoms in total. The second kappa shape index (κ2) is 4.62. The maximum absolute atomic E-state index is 13.2. The highest BCUT2D eigenvalue weighted by Crippen LogP contribution is 2.42. The Bertz CT molecular complexity index is 577. The van der Waals surface area contributed by atoms with Crippen molar-refractivity contribution in [2.24, 2.45) is 0 Å². The number of nitrogens with one attached hydrogen (secondary N) is 3. The molecule has 5 unspecified atom stereocenters. The van der Waals surface area contributed by atoms with Gasteiger partial charge in [-0.05, 0) is 12.8 Å². The van der Waals surface area contributed by atoms with Gasteiger partial charge < -0.3 is 5.32 Å². The predicted octanol–water partition coefficient (Wildman–Crippen LogP) is -0.546. The lowest BCUT2D eigenvalue weighted by molar-refractivity contribution is -0.185. The average Bonchev–Trinajstić information content (AvgIpc) is 3.11. The van der Waals surface area contributed by atoms with Crippen LogP contribution in [0.2, 0.25) is 0 Å². The highest BCUT2D eigenvalue weighted by atomic mass is 19.4. The molecule has 1 aliphatic carbocycles. The summed E-state index contributed by atoms with van der Waals surface area (Å²) in [6, 6.07) is -2.71. The van der Waals surface area contributed by atoms with E-state index in [0.717, 1.165) is 12.8 Å². The van der Waals surface area contributed by atoms with Crippen molar-refractivity contribution in [1.82, 2.24) is 36.2 Å². The van der Waals surface area contributed by atoms with Crippen LogP contribution in [0.4, 0.5) is 13.2 Å². The molecule has 1 amide bonds. The number of aromatic amines is 1. The minimum atomic E-state index is -4.59. The Labute approximate surface area is 122 Å². The summed E-state index contributed by atoms with van der Waals surface area (Å²) in [6.45, 7) is 0. The highest BCUT2D eigenvalue weighted by molar-refractivity contribution is 5.85. The van der Waals surface area contributed by atoms with Gasteiger partial charge in [0.1, 0.15) is 6.29 Å². The zero-order valence-electron chi connectivity index (χ0n) is 11.3. The lowest BCUT2D eigenvalue weighted by Crippen LogP contribution is -2.52. The van der Waals surface area contributed by atoms with E-state index in [1.165, 1.54) is 4.90 Å². The van der Waals surface area contributed by atoms with Crippen molar-refractivity contribution >= 4 is 5.91 Å². The largest absolute Gasteiger partial charge is 0.413 e. The first-order valence-electron chi connectivity index (χ1n) is 7.11. The van der Waals surface area contributed by atoms with Crippen molar-refractivity contribution in [3.05, 3.63) is 5.82 Å². The average molecular weight is 317 g/mol. The van der Waals surface area contributed by atoms with E-state index >= 15 is 0 Å². The molecule has 5 atom stereocenters. The Balaban J connectivity index is 1.65. The molecule has 3 fully saturated rings. The van der Waals surface area contributed by atoms with Crippen LogP contribution < -0.4 is 10.6 Å². The molecule has 22 heavy (non-hydrogen) atoms. The van der Waals surface area contributed by atoms with Gasteiger partial charge in [-0.2, -0.15) is 18.4 Å². The second-order valence-corrected chi connectivity index (χ2v) is 5.87. The summed E-state index contributed by atoms with van der Waals surface area (Å²) in [4.78, 5) is 12.9. The van der Waals surface area contributed by atoms with Gasteiger partial charge in [-0.1, -0.05) is 11.6 Å². The second-order valence-electron chi connectivity index (χ2n) is 5.87. The molecular weight excluding hydrogens is 303 g/mol. The fraction of sp³-hybridized carbons (Fsp3) is 0.818. The van der Waals surface area contributed by atoms with Crippen molar-refractivity contribution in [2.45, 2.75) is 55.8 Å². The zero-order chi connectivity index (χ0) is 15.5. The summed E-state index contributed by atoms with van der Waals surface area (Å²) in [6.07, 6.45) is -3.25. The van der Waals surface area contributed by atoms with E-state index < -0.39 is 24.4 Å². The van der Waals surface area contributed by atoms with Crippen LogP contribution in [0.5, 0.6) is 0 Å². The molecule has 0 bridgehead atoms. The number of H-pyrrole nitrogens is 1. The van der Waals surface area contributed by atoms with E-state index in [4.69, 9.17) is 0 Å². The van der Waals surface area contributed by atoms with Crippen molar-refractivity contribution in [3.8, 4) is 0 Å². The lowest BCUT2D eigenvalue weighted by Gasteiger charge is -2.36. The summed E-state index contributed by atoms with van der Waals surface area (Å²) < 4.78 is 39.6. The first kappa shape index (κ1) is 13.9. The molecule has 1 aromatic heterocycles. The zero-order valence-corrected chi connectivity index (χ0v) is 11.3. The van der Waals surface area contributed by atoms with Crippen LogP contribution in [0.15, 0.2) is 0 Å². The Morgan fingerprint density at radius 3 is 2.77 bits per heavy atom. The van der Waals surface area contributed by atoms with Crippen LogP contribution in [0, 0.1) is 0 Å². The predicted molar refractivity (Wildman–Crippen MR) is 65.1 cm³/mol. The smallest absolute Gasteiger partial charge is 0.326 e. The number of amides is 1. The quantitative estimate of drug-likeness (QED) is 0.643. The topological polar surface area (TPSA) is 98.8 Å². The number of tetrazole rings is 1. The number of nitrogens with zero attached hydrogens (tertiary/aromatic N) is 4. The minimum Gasteiger partial charge on any atom is -0.326 e. The van der Waals surface area contributed by atoms with Crippen LogP contribution >= 0.6 is 0 Å². The van der Waals surface area contributed by atoms with Crippen LogP contribution in [0.1, 0.15) is 31.0 Å². The van der Waals surface area contributed by atoms with Crippen molar-refractivity contribution in [2.75, 3.05) is 0 Å². The van der Waals surface area contributed by atoms with Crippen LogP contribution in [-0.2, 0) is 4.79 Å². The van der Waals surface area contributed by atoms with Gasteiger partial charge in [0.05, 0.1) is 0 Å². The summed E-state index contributed by atoms with van der Waals surface area (Å²) in [5.74, 6) is -0.614. The van der Waals surface area contributed by atoms with E-state index in [9.17, 15) is 18.0 Å². The van der Waals surface area contributed by atoms with Gasteiger partial charge in [-0.25, -0.2) is 4.90 Å². The van der Waals surface area contributed by atoms with Gasteiger partial charge in [-0.3, -0.25) is 10.1 Å². The number of fused-ring (bicyclic) bond motifs is 3. The van der Waals surface area contributed by atoms with Gasteiger partial charge in [0, 0.05) is 18.0 Å². The normalized spacial score (nSPS) is 38.7. The number of hydrogen-bond acceptors (Lipinski definition) is 6. The molecule has 3 heterocycles. The highest BCUT2D eigenvalue weighted by Gasteiger charge is 2.62. The molecule has 120 valence electrons. The van der Waals surface area contributed by atoms with E-state index in [1.807, 2.05) is 0 Å². The Morgan fingerprint density at radius 1 is 1.27 bits per heavy atom. The monoisotopic (exact) mass is 317 g/mol. The number of carbonyl (C=O) groups is 1. The number of hydrogen-bond donors (Lipinski definition) is 3. The lowest BCUT2D eigenvalue weighted by atomic mass is 9.80. The molecule has 0 spiro atoms. The molecule has 4 rings (SSSR count). The first-order valence-corrected chi connectivity index (χ1v) is 7.11. The van der Waals surface area contributed by atoms with Gasteiger partial charge in [0.15, 0.2) is 11.9 Å². The van der Waals surface area contributed by atoms with E-state index in [-0.39, 0.29) is 18.0 Å². The van der Waals surface area contributed by atoms with Crippen molar-refractivity contribution in [3.63, 3.8) is 0 Å². The molecule has 3 N–H and O–H groups in total. The summed E-state index contributed by atoms with van der Waals surface area (Å²) in [5, 5.41) is 19.3. The standard InChI is InChI=1S/C11H14F3N7O/c12-11(13,14)7-9(22)16-10-15-6-4(8-17-19-20-18-8)2-1-3-5(6)21(7)10/h4-7,10,15H,1-3H2,(H,16,22)(H,17,18,19,20). The van der Waals surface area contributed by atoms with E-state index in [0.29, 0.717) is 12.2 Å². The number of carbonyl (C=O) groups excluding carboxylic acids is 1. The van der Waals surface area contributed by atoms with Crippen LogP contribution in [0.3, 0.4) is 0 Å². The van der Waals surface area contributed by atoms with E-state index in [1.54, 1.807) is 0 Å². The molecule has 0 aromatic carbocycles. The Hall–Kier alpha value is -1.75. The number of rotatable bonds is 1. The molecular formula is C11H14F3N7O. The van der Waals surface area contributed by atoms with Crippen LogP contribution in [-0.4, -0.2) is 62.0 Å². The summed E-state index contributed by atoms with van der Waals surface area (Å²) >= 11 is 0. The molecule has 1 aromatic rings. The third-order valence-electron chi connectivity index (χ3n) is 4.72.